The third-order valence-corrected chi connectivity index (χ3v) is 13.0. The molecule has 484 valence electrons. The quantitative estimate of drug-likeness (QED) is 0.0211. The fraction of sp³-hybridized carbons (Fsp3) is 0.526. The molecule has 0 aliphatic heterocycles. The van der Waals surface area contributed by atoms with Crippen molar-refractivity contribution in [1.82, 2.24) is 0 Å². The van der Waals surface area contributed by atoms with Gasteiger partial charge in [-0.25, -0.2) is 4.79 Å². The molecule has 0 aromatic carbocycles. The first kappa shape index (κ1) is 80.9. The molecule has 0 amide bonds. The Morgan fingerprint density at radius 1 is 0.345 bits per heavy atom. The number of allylic oxidation sites excluding steroid dienone is 34. The molecule has 87 heavy (non-hydrogen) atoms. The fourth-order valence-corrected chi connectivity index (χ4v) is 8.02. The van der Waals surface area contributed by atoms with E-state index >= 15 is 0 Å². The third kappa shape index (κ3) is 67.2. The summed E-state index contributed by atoms with van der Waals surface area (Å²) in [6.45, 7) is 4.55. The normalized spacial score (nSPS) is 14.1. The van der Waals surface area contributed by atoms with Gasteiger partial charge < -0.3 is 28.5 Å². The lowest BCUT2D eigenvalue weighted by atomic mass is 10.1. The minimum atomic E-state index is -1.54. The second kappa shape index (κ2) is 65.8. The zero-order valence-electron chi connectivity index (χ0n) is 55.1. The standard InChI is InChI=1S/C78H119NO8/c1-6-8-10-12-14-16-18-20-22-24-26-28-30-32-34-35-36-37-38-39-40-41-43-45-47-49-51-53-55-57-59-61-63-65-67-69-76(81)87-74(73-86-78(77(82)83)84-71-70-79(3,4)5)72-85-75(80)68-66-64-62-60-58-56-54-52-50-48-46-44-42-33-31-29-27-25-23-21-19-17-15-13-11-9-7-2/h8-11,14-17,20-23,26-29,32-34,36-37,39-40,42-43,45-46,48-49,51-52,54,58,60,74,78H,6-7,12-13,18-19,24-25,30-31,35,38,41,44,47,50,53,55-57,59,61-73H2,1-5H3/p+1/b10-8-,11-9-,16-14-,17-15-,22-20-,23-21-,28-26-,29-27-,34-32-,37-36-,40-39-,42-33-,45-43-,48-46-,51-49-,54-52-,60-58-. The molecule has 2 unspecified atom stereocenters. The number of rotatable bonds is 58. The highest BCUT2D eigenvalue weighted by Gasteiger charge is 2.25. The third-order valence-electron chi connectivity index (χ3n) is 13.0. The SMILES string of the molecule is CC/C=C\C/C=C\C/C=C\C/C=C\C/C=C\C/C=C\C/C=C\C/C=C\C/C=C\CCCCCCCCCC(=O)OC(COC(=O)CCCC/C=C\C/C=C\C/C=C\C/C=C\C/C=C\C/C=C\C/C=C\C/C=C\CC)COC(OCC[N+](C)(C)C)C(=O)O. The number of aliphatic carboxylic acids is 1. The van der Waals surface area contributed by atoms with E-state index in [-0.39, 0.29) is 32.7 Å². The van der Waals surface area contributed by atoms with E-state index in [2.05, 4.69) is 220 Å². The van der Waals surface area contributed by atoms with Crippen LogP contribution in [0.3, 0.4) is 0 Å². The number of hydrogen-bond acceptors (Lipinski definition) is 7. The monoisotopic (exact) mass is 1200 g/mol. The molecular formula is C78H120NO8+. The molecule has 2 atom stereocenters. The van der Waals surface area contributed by atoms with E-state index in [1.165, 1.54) is 12.8 Å². The van der Waals surface area contributed by atoms with E-state index in [1.807, 2.05) is 21.1 Å². The molecule has 0 radical (unpaired) electrons. The number of carbonyl (C=O) groups excluding carboxylic acids is 2. The second-order valence-electron chi connectivity index (χ2n) is 22.3. The van der Waals surface area contributed by atoms with Crippen LogP contribution in [-0.2, 0) is 33.3 Å². The van der Waals surface area contributed by atoms with Gasteiger partial charge in [-0.1, -0.05) is 253 Å². The van der Waals surface area contributed by atoms with Crippen LogP contribution < -0.4 is 0 Å². The minimum absolute atomic E-state index is 0.165. The van der Waals surface area contributed by atoms with Gasteiger partial charge in [-0.05, 0) is 148 Å². The molecule has 0 rings (SSSR count). The highest BCUT2D eigenvalue weighted by Crippen LogP contribution is 2.13. The Morgan fingerprint density at radius 2 is 0.621 bits per heavy atom. The van der Waals surface area contributed by atoms with Gasteiger partial charge in [-0.15, -0.1) is 0 Å². The number of nitrogens with zero attached hydrogens (tertiary/aromatic N) is 1. The molecule has 0 aromatic rings. The van der Waals surface area contributed by atoms with E-state index in [1.54, 1.807) is 0 Å². The number of esters is 2. The predicted octanol–water partition coefficient (Wildman–Crippen LogP) is 20.8. The molecule has 0 aromatic heterocycles. The summed E-state index contributed by atoms with van der Waals surface area (Å²) in [4.78, 5) is 37.6. The molecule has 0 bridgehead atoms. The molecular weight excluding hydrogens is 1080 g/mol. The van der Waals surface area contributed by atoms with E-state index in [9.17, 15) is 19.5 Å². The average molecular weight is 1200 g/mol. The van der Waals surface area contributed by atoms with Crippen LogP contribution in [0.15, 0.2) is 207 Å². The first-order valence-electron chi connectivity index (χ1n) is 33.2. The second-order valence-corrected chi connectivity index (χ2v) is 22.3. The van der Waals surface area contributed by atoms with Crippen molar-refractivity contribution < 1.29 is 42.9 Å². The van der Waals surface area contributed by atoms with Gasteiger partial charge >= 0.3 is 17.9 Å². The highest BCUT2D eigenvalue weighted by molar-refractivity contribution is 5.71. The van der Waals surface area contributed by atoms with Crippen LogP contribution in [0.25, 0.3) is 0 Å². The smallest absolute Gasteiger partial charge is 0.361 e. The zero-order chi connectivity index (χ0) is 63.3. The number of hydrogen-bond donors (Lipinski definition) is 1. The van der Waals surface area contributed by atoms with Crippen LogP contribution in [0.2, 0.25) is 0 Å². The summed E-state index contributed by atoms with van der Waals surface area (Å²) in [6.07, 6.45) is 101. The Morgan fingerprint density at radius 3 is 0.943 bits per heavy atom. The van der Waals surface area contributed by atoms with Crippen LogP contribution in [-0.4, -0.2) is 87.4 Å². The molecule has 9 heteroatoms. The number of likely N-dealkylation sites (N-methyl/N-ethyl adjacent to an activating group) is 1. The minimum Gasteiger partial charge on any atom is -0.477 e. The lowest BCUT2D eigenvalue weighted by Gasteiger charge is -2.25. The van der Waals surface area contributed by atoms with Crippen LogP contribution in [0.5, 0.6) is 0 Å². The molecule has 0 heterocycles. The van der Waals surface area contributed by atoms with Crippen LogP contribution >= 0.6 is 0 Å². The number of carboxylic acid groups (broad SMARTS) is 1. The highest BCUT2D eigenvalue weighted by atomic mass is 16.7. The van der Waals surface area contributed by atoms with Gasteiger partial charge in [0.05, 0.1) is 34.4 Å². The summed E-state index contributed by atoms with van der Waals surface area (Å²) in [7, 11) is 5.94. The van der Waals surface area contributed by atoms with Crippen molar-refractivity contribution in [3.8, 4) is 0 Å². The van der Waals surface area contributed by atoms with Crippen molar-refractivity contribution in [1.29, 1.82) is 0 Å². The molecule has 9 nitrogen and oxygen atoms in total. The maximum atomic E-state index is 12.9. The number of carbonyl (C=O) groups is 3. The van der Waals surface area contributed by atoms with Gasteiger partial charge in [0.1, 0.15) is 13.2 Å². The van der Waals surface area contributed by atoms with Gasteiger partial charge in [-0.2, -0.15) is 0 Å². The topological polar surface area (TPSA) is 108 Å². The summed E-state index contributed by atoms with van der Waals surface area (Å²) in [5.74, 6) is -2.11. The van der Waals surface area contributed by atoms with Crippen molar-refractivity contribution in [3.63, 3.8) is 0 Å². The van der Waals surface area contributed by atoms with Gasteiger partial charge in [0, 0.05) is 12.8 Å². The number of quaternary nitrogens is 1. The summed E-state index contributed by atoms with van der Waals surface area (Å²) < 4.78 is 22.9. The molecule has 1 N–H and O–H groups in total. The molecule has 0 aliphatic carbocycles. The molecule has 0 saturated heterocycles. The van der Waals surface area contributed by atoms with E-state index in [4.69, 9.17) is 18.9 Å². The average Bonchev–Trinajstić information content (AvgIpc) is 3.56. The largest absolute Gasteiger partial charge is 0.477 e. The van der Waals surface area contributed by atoms with Gasteiger partial charge in [-0.3, -0.25) is 9.59 Å². The Balaban J connectivity index is 4.35. The summed E-state index contributed by atoms with van der Waals surface area (Å²) in [6, 6.07) is 0. The summed E-state index contributed by atoms with van der Waals surface area (Å²) >= 11 is 0. The van der Waals surface area contributed by atoms with Crippen LogP contribution in [0.4, 0.5) is 0 Å². The number of ether oxygens (including phenoxy) is 4. The van der Waals surface area contributed by atoms with Crippen LogP contribution in [0, 0.1) is 0 Å². The first-order chi connectivity index (χ1) is 42.6. The Labute approximate surface area is 531 Å². The molecule has 0 fully saturated rings. The maximum absolute atomic E-state index is 12.9. The number of carboxylic acids is 1. The van der Waals surface area contributed by atoms with Crippen molar-refractivity contribution >= 4 is 17.9 Å². The predicted molar refractivity (Wildman–Crippen MR) is 372 cm³/mol. The Kier molecular flexibility index (Phi) is 61.2. The van der Waals surface area contributed by atoms with Crippen molar-refractivity contribution in [2.45, 2.75) is 219 Å². The summed E-state index contributed by atoms with van der Waals surface area (Å²) in [5.41, 5.74) is 0. The van der Waals surface area contributed by atoms with Crippen molar-refractivity contribution in [2.75, 3.05) is 47.5 Å². The van der Waals surface area contributed by atoms with Gasteiger partial charge in [0.25, 0.3) is 6.29 Å². The molecule has 0 aliphatic rings. The number of unbranched alkanes of at least 4 members (excludes halogenated alkanes) is 9. The zero-order valence-corrected chi connectivity index (χ0v) is 55.1. The lowest BCUT2D eigenvalue weighted by molar-refractivity contribution is -0.870. The van der Waals surface area contributed by atoms with Crippen molar-refractivity contribution in [3.05, 3.63) is 207 Å². The lowest BCUT2D eigenvalue weighted by Crippen LogP contribution is -2.40. The molecule has 0 saturated carbocycles. The van der Waals surface area contributed by atoms with Gasteiger partial charge in [0.2, 0.25) is 0 Å². The van der Waals surface area contributed by atoms with E-state index in [0.717, 1.165) is 154 Å². The van der Waals surface area contributed by atoms with Gasteiger partial charge in [0.15, 0.2) is 6.10 Å². The first-order valence-corrected chi connectivity index (χ1v) is 33.2. The van der Waals surface area contributed by atoms with Crippen molar-refractivity contribution in [2.24, 2.45) is 0 Å². The Bertz CT molecular complexity index is 2180. The fourth-order valence-electron chi connectivity index (χ4n) is 8.02. The van der Waals surface area contributed by atoms with Crippen LogP contribution in [0.1, 0.15) is 206 Å². The van der Waals surface area contributed by atoms with E-state index in [0.29, 0.717) is 23.9 Å². The molecule has 0 spiro atoms. The Hall–Kier alpha value is -6.13. The van der Waals surface area contributed by atoms with E-state index < -0.39 is 30.3 Å². The summed E-state index contributed by atoms with van der Waals surface area (Å²) in [5, 5.41) is 9.74. The maximum Gasteiger partial charge on any atom is 0.361 e.